The summed E-state index contributed by atoms with van der Waals surface area (Å²) < 4.78 is 24.0. The van der Waals surface area contributed by atoms with Crippen LogP contribution in [0.25, 0.3) is 6.08 Å². The Bertz CT molecular complexity index is 525. The van der Waals surface area contributed by atoms with Crippen LogP contribution in [0.5, 0.6) is 0 Å². The van der Waals surface area contributed by atoms with Crippen LogP contribution in [0.2, 0.25) is 0 Å². The molecule has 0 amide bonds. The van der Waals surface area contributed by atoms with Crippen LogP contribution < -0.4 is 0 Å². The summed E-state index contributed by atoms with van der Waals surface area (Å²) in [5.74, 6) is 0. The van der Waals surface area contributed by atoms with Gasteiger partial charge in [-0.25, -0.2) is 0 Å². The van der Waals surface area contributed by atoms with E-state index in [9.17, 15) is 4.57 Å². The first kappa shape index (κ1) is 19.9. The van der Waals surface area contributed by atoms with Crippen molar-refractivity contribution in [3.05, 3.63) is 53.4 Å². The molecule has 23 heavy (non-hydrogen) atoms. The predicted octanol–water partition coefficient (Wildman–Crippen LogP) is 6.43. The number of unbranched alkanes of at least 4 members (excludes halogenated alkanes) is 3. The Balaban J connectivity index is 2.99. The number of rotatable bonds is 11. The third-order valence-corrected chi connectivity index (χ3v) is 5.48. The molecule has 0 atom stereocenters. The summed E-state index contributed by atoms with van der Waals surface area (Å²) in [5.41, 5.74) is 1.06. The lowest BCUT2D eigenvalue weighted by Gasteiger charge is -2.18. The van der Waals surface area contributed by atoms with Gasteiger partial charge in [-0.3, -0.25) is 4.57 Å². The molecule has 0 fully saturated rings. The summed E-state index contributed by atoms with van der Waals surface area (Å²) in [5, 5.41) is 0.654. The highest BCUT2D eigenvalue weighted by atomic mass is 31.2. The van der Waals surface area contributed by atoms with Gasteiger partial charge in [-0.05, 0) is 38.3 Å². The van der Waals surface area contributed by atoms with Crippen LogP contribution in [-0.2, 0) is 13.6 Å². The zero-order chi connectivity index (χ0) is 17.0. The third kappa shape index (κ3) is 7.30. The summed E-state index contributed by atoms with van der Waals surface area (Å²) in [7, 11) is -3.24. The van der Waals surface area contributed by atoms with Crippen LogP contribution in [0, 0.1) is 0 Å². The molecule has 1 aromatic rings. The van der Waals surface area contributed by atoms with Crippen LogP contribution >= 0.6 is 7.60 Å². The van der Waals surface area contributed by atoms with Gasteiger partial charge in [0.1, 0.15) is 0 Å². The van der Waals surface area contributed by atoms with Gasteiger partial charge in [0.25, 0.3) is 0 Å². The first-order chi connectivity index (χ1) is 11.2. The van der Waals surface area contributed by atoms with Gasteiger partial charge in [0.15, 0.2) is 0 Å². The molecule has 0 spiro atoms. The molecule has 0 saturated heterocycles. The fourth-order valence-corrected chi connectivity index (χ4v) is 3.85. The lowest BCUT2D eigenvalue weighted by molar-refractivity contribution is 0.227. The largest absolute Gasteiger partial charge is 0.360 e. The Kier molecular flexibility index (Phi) is 9.86. The smallest absolute Gasteiger partial charge is 0.306 e. The van der Waals surface area contributed by atoms with E-state index in [2.05, 4.69) is 6.92 Å². The summed E-state index contributed by atoms with van der Waals surface area (Å²) in [4.78, 5) is 0. The monoisotopic (exact) mass is 336 g/mol. The minimum Gasteiger partial charge on any atom is -0.306 e. The van der Waals surface area contributed by atoms with E-state index in [4.69, 9.17) is 9.05 Å². The van der Waals surface area contributed by atoms with Gasteiger partial charge in [0.2, 0.25) is 0 Å². The molecule has 0 N–H and O–H groups in total. The average Bonchev–Trinajstić information content (AvgIpc) is 2.55. The van der Waals surface area contributed by atoms with Crippen molar-refractivity contribution < 1.29 is 13.6 Å². The Morgan fingerprint density at radius 2 is 1.70 bits per heavy atom. The molecule has 0 saturated carbocycles. The molecule has 128 valence electrons. The molecule has 0 aliphatic carbocycles. The van der Waals surface area contributed by atoms with Gasteiger partial charge in [0.05, 0.1) is 18.5 Å². The highest BCUT2D eigenvalue weighted by molar-refractivity contribution is 7.58. The maximum absolute atomic E-state index is 13.0. The molecular formula is C19H29O3P. The molecule has 0 aliphatic rings. The SMILES string of the molecule is CCCCC/C=C(/C=C/c1ccccc1)P(=O)(OCC)OCC. The Labute approximate surface area is 140 Å². The van der Waals surface area contributed by atoms with Crippen molar-refractivity contribution in [3.63, 3.8) is 0 Å². The predicted molar refractivity (Wildman–Crippen MR) is 98.6 cm³/mol. The molecule has 3 nitrogen and oxygen atoms in total. The zero-order valence-electron chi connectivity index (χ0n) is 14.5. The van der Waals surface area contributed by atoms with E-state index in [-0.39, 0.29) is 0 Å². The van der Waals surface area contributed by atoms with E-state index in [1.165, 1.54) is 6.42 Å². The highest BCUT2D eigenvalue weighted by Crippen LogP contribution is 2.56. The molecule has 0 unspecified atom stereocenters. The summed E-state index contributed by atoms with van der Waals surface area (Å²) >= 11 is 0. The van der Waals surface area contributed by atoms with Crippen LogP contribution in [0.4, 0.5) is 0 Å². The Hall–Kier alpha value is -1.15. The van der Waals surface area contributed by atoms with E-state index in [1.54, 1.807) is 0 Å². The average molecular weight is 336 g/mol. The Morgan fingerprint density at radius 1 is 1.04 bits per heavy atom. The molecular weight excluding hydrogens is 307 g/mol. The summed E-state index contributed by atoms with van der Waals surface area (Å²) in [6.45, 7) is 6.57. The van der Waals surface area contributed by atoms with Crippen molar-refractivity contribution in [1.29, 1.82) is 0 Å². The number of hydrogen-bond donors (Lipinski definition) is 0. The molecule has 0 bridgehead atoms. The van der Waals surface area contributed by atoms with E-state index in [0.717, 1.165) is 24.8 Å². The molecule has 0 heterocycles. The first-order valence-corrected chi connectivity index (χ1v) is 10.0. The van der Waals surface area contributed by atoms with Gasteiger partial charge < -0.3 is 9.05 Å². The van der Waals surface area contributed by atoms with E-state index in [0.29, 0.717) is 18.5 Å². The molecule has 0 aliphatic heterocycles. The van der Waals surface area contributed by atoms with Crippen LogP contribution in [0.1, 0.15) is 52.0 Å². The molecule has 0 aromatic heterocycles. The second-order valence-corrected chi connectivity index (χ2v) is 7.23. The van der Waals surface area contributed by atoms with Crippen molar-refractivity contribution in [2.24, 2.45) is 0 Å². The standard InChI is InChI=1S/C19H29O3P/c1-4-7-8-12-15-19(23(20,21-5-2)22-6-3)17-16-18-13-10-9-11-14-18/h9-11,13-17H,4-8,12H2,1-3H3/b17-16+,19-15-. The number of benzene rings is 1. The van der Waals surface area contributed by atoms with Crippen molar-refractivity contribution in [2.75, 3.05) is 13.2 Å². The molecule has 1 aromatic carbocycles. The van der Waals surface area contributed by atoms with Crippen molar-refractivity contribution in [2.45, 2.75) is 46.5 Å². The van der Waals surface area contributed by atoms with Crippen LogP contribution in [0.15, 0.2) is 47.8 Å². The maximum atomic E-state index is 13.0. The summed E-state index contributed by atoms with van der Waals surface area (Å²) in [6.07, 6.45) is 10.1. The lowest BCUT2D eigenvalue weighted by Crippen LogP contribution is -1.98. The van der Waals surface area contributed by atoms with E-state index < -0.39 is 7.60 Å². The lowest BCUT2D eigenvalue weighted by atomic mass is 10.2. The highest BCUT2D eigenvalue weighted by Gasteiger charge is 2.27. The number of allylic oxidation sites excluding steroid dienone is 3. The molecule has 1 rings (SSSR count). The van der Waals surface area contributed by atoms with Gasteiger partial charge in [-0.15, -0.1) is 0 Å². The van der Waals surface area contributed by atoms with Crippen molar-refractivity contribution in [3.8, 4) is 0 Å². The minimum atomic E-state index is -3.24. The second-order valence-electron chi connectivity index (χ2n) is 5.20. The maximum Gasteiger partial charge on any atom is 0.360 e. The molecule has 0 radical (unpaired) electrons. The Morgan fingerprint density at radius 3 is 2.26 bits per heavy atom. The van der Waals surface area contributed by atoms with Crippen LogP contribution in [-0.4, -0.2) is 13.2 Å². The normalized spacial score (nSPS) is 12.9. The quantitative estimate of drug-likeness (QED) is 0.265. The summed E-state index contributed by atoms with van der Waals surface area (Å²) in [6, 6.07) is 9.96. The van der Waals surface area contributed by atoms with Crippen molar-refractivity contribution in [1.82, 2.24) is 0 Å². The zero-order valence-corrected chi connectivity index (χ0v) is 15.4. The third-order valence-electron chi connectivity index (χ3n) is 3.32. The van der Waals surface area contributed by atoms with Gasteiger partial charge in [-0.1, -0.05) is 62.2 Å². The number of hydrogen-bond acceptors (Lipinski definition) is 3. The van der Waals surface area contributed by atoms with E-state index >= 15 is 0 Å². The fraction of sp³-hybridized carbons (Fsp3) is 0.474. The second kappa shape index (κ2) is 11.4. The van der Waals surface area contributed by atoms with Gasteiger partial charge in [0, 0.05) is 0 Å². The van der Waals surface area contributed by atoms with E-state index in [1.807, 2.05) is 62.4 Å². The minimum absolute atomic E-state index is 0.364. The van der Waals surface area contributed by atoms with Gasteiger partial charge >= 0.3 is 7.60 Å². The van der Waals surface area contributed by atoms with Crippen molar-refractivity contribution >= 4 is 13.7 Å². The topological polar surface area (TPSA) is 35.5 Å². The molecule has 4 heteroatoms. The first-order valence-electron chi connectivity index (χ1n) is 8.49. The van der Waals surface area contributed by atoms with Gasteiger partial charge in [-0.2, -0.15) is 0 Å². The van der Waals surface area contributed by atoms with Crippen LogP contribution in [0.3, 0.4) is 0 Å². The fourth-order valence-electron chi connectivity index (χ4n) is 2.19.